The van der Waals surface area contributed by atoms with E-state index in [4.69, 9.17) is 5.11 Å². The molecule has 2 nitrogen and oxygen atoms in total. The van der Waals surface area contributed by atoms with Gasteiger partial charge in [0.1, 0.15) is 0 Å². The van der Waals surface area contributed by atoms with Crippen LogP contribution < -0.4 is 0 Å². The Kier molecular flexibility index (Phi) is 5.38. The fourth-order valence-electron chi connectivity index (χ4n) is 5.20. The maximum atomic E-state index is 10.9. The fourth-order valence-corrected chi connectivity index (χ4v) is 5.20. The molecule has 0 saturated heterocycles. The number of hydrogen-bond acceptors (Lipinski definition) is 1. The van der Waals surface area contributed by atoms with E-state index in [2.05, 4.69) is 58.9 Å². The van der Waals surface area contributed by atoms with Crippen molar-refractivity contribution in [1.29, 1.82) is 0 Å². The van der Waals surface area contributed by atoms with Gasteiger partial charge in [-0.05, 0) is 71.6 Å². The van der Waals surface area contributed by atoms with Crippen LogP contribution in [0.4, 0.5) is 0 Å². The highest BCUT2D eigenvalue weighted by Crippen LogP contribution is 2.59. The third-order valence-corrected chi connectivity index (χ3v) is 7.20. The Balaban J connectivity index is 1.95. The summed E-state index contributed by atoms with van der Waals surface area (Å²) < 4.78 is 0. The molecule has 2 aliphatic rings. The summed E-state index contributed by atoms with van der Waals surface area (Å²) in [6.45, 7) is 13.7. The molecule has 0 unspecified atom stereocenters. The maximum Gasteiger partial charge on any atom is 0.328 e. The van der Waals surface area contributed by atoms with Crippen molar-refractivity contribution >= 4 is 5.97 Å². The second-order valence-electron chi connectivity index (χ2n) is 10.3. The third-order valence-electron chi connectivity index (χ3n) is 7.20. The number of fused-ring (bicyclic) bond motifs is 1. The molecule has 2 aliphatic carbocycles. The minimum atomic E-state index is -0.877. The minimum Gasteiger partial charge on any atom is -0.478 e. The third kappa shape index (κ3) is 3.83. The molecule has 2 heteroatoms. The zero-order valence-corrected chi connectivity index (χ0v) is 18.4. The number of carbonyl (C=O) groups is 1. The number of carboxylic acids is 1. The molecule has 0 radical (unpaired) electrons. The highest BCUT2D eigenvalue weighted by molar-refractivity contribution is 5.81. The summed E-state index contributed by atoms with van der Waals surface area (Å²) in [5, 5.41) is 8.92. The molecule has 0 aromatic heterocycles. The van der Waals surface area contributed by atoms with Gasteiger partial charge < -0.3 is 5.11 Å². The van der Waals surface area contributed by atoms with E-state index in [1.807, 2.05) is 13.0 Å². The van der Waals surface area contributed by atoms with E-state index in [0.717, 1.165) is 5.57 Å². The molecular weight excluding hydrogens is 344 g/mol. The lowest BCUT2D eigenvalue weighted by molar-refractivity contribution is -0.131. The molecule has 28 heavy (non-hydrogen) atoms. The Hall–Kier alpha value is -1.83. The van der Waals surface area contributed by atoms with Crippen LogP contribution in [0.1, 0.15) is 90.3 Å². The van der Waals surface area contributed by atoms with Gasteiger partial charge in [0.15, 0.2) is 0 Å². The Morgan fingerprint density at radius 3 is 2.39 bits per heavy atom. The topological polar surface area (TPSA) is 37.3 Å². The summed E-state index contributed by atoms with van der Waals surface area (Å²) in [6.07, 6.45) is 11.5. The molecule has 0 spiro atoms. The van der Waals surface area contributed by atoms with Gasteiger partial charge in [0, 0.05) is 11.5 Å². The fraction of sp³-hybridized carbons (Fsp3) is 0.577. The highest BCUT2D eigenvalue weighted by Gasteiger charge is 2.53. The molecule has 1 aromatic carbocycles. The largest absolute Gasteiger partial charge is 0.478 e. The standard InChI is InChI=1S/C26H36O2/c1-7-12-26(17-20(26)9-8-18(2)15-23(27)28)19-10-11-21-22(16-19)25(5,6)14-13-24(21,3)4/h8-11,15-16,20H,7,12-14,17H2,1-6H3,(H,27,28)/b9-8+,18-15+/t20-,26-/m1/s1. The van der Waals surface area contributed by atoms with Crippen molar-refractivity contribution in [2.45, 2.75) is 89.9 Å². The van der Waals surface area contributed by atoms with Crippen LogP contribution in [0.15, 0.2) is 42.0 Å². The van der Waals surface area contributed by atoms with E-state index in [1.165, 1.54) is 54.9 Å². The second kappa shape index (κ2) is 7.21. The van der Waals surface area contributed by atoms with E-state index in [-0.39, 0.29) is 16.2 Å². The lowest BCUT2D eigenvalue weighted by Gasteiger charge is -2.42. The second-order valence-corrected chi connectivity index (χ2v) is 10.3. The van der Waals surface area contributed by atoms with Crippen molar-refractivity contribution in [3.8, 4) is 0 Å². The van der Waals surface area contributed by atoms with Gasteiger partial charge in [-0.3, -0.25) is 0 Å². The van der Waals surface area contributed by atoms with Crippen molar-refractivity contribution in [2.24, 2.45) is 5.92 Å². The predicted octanol–water partition coefficient (Wildman–Crippen LogP) is 6.68. The molecule has 1 saturated carbocycles. The Morgan fingerprint density at radius 1 is 1.14 bits per heavy atom. The van der Waals surface area contributed by atoms with Crippen LogP contribution in [0, 0.1) is 5.92 Å². The minimum absolute atomic E-state index is 0.224. The summed E-state index contributed by atoms with van der Waals surface area (Å²) in [4.78, 5) is 10.9. The molecule has 3 rings (SSSR count). The van der Waals surface area contributed by atoms with Crippen molar-refractivity contribution in [2.75, 3.05) is 0 Å². The number of hydrogen-bond donors (Lipinski definition) is 1. The van der Waals surface area contributed by atoms with E-state index < -0.39 is 5.97 Å². The van der Waals surface area contributed by atoms with E-state index in [9.17, 15) is 4.79 Å². The maximum absolute atomic E-state index is 10.9. The zero-order chi connectivity index (χ0) is 20.7. The molecule has 0 heterocycles. The first kappa shape index (κ1) is 20.9. The van der Waals surface area contributed by atoms with Crippen LogP contribution in [0.2, 0.25) is 0 Å². The van der Waals surface area contributed by atoms with Gasteiger partial charge in [0.25, 0.3) is 0 Å². The average Bonchev–Trinajstić information content (AvgIpc) is 3.31. The highest BCUT2D eigenvalue weighted by atomic mass is 16.4. The first-order chi connectivity index (χ1) is 13.0. The smallest absolute Gasteiger partial charge is 0.328 e. The average molecular weight is 381 g/mol. The molecule has 0 amide bonds. The van der Waals surface area contributed by atoms with Gasteiger partial charge in [-0.25, -0.2) is 4.79 Å². The number of carboxylic acid groups (broad SMARTS) is 1. The first-order valence-corrected chi connectivity index (χ1v) is 10.8. The van der Waals surface area contributed by atoms with E-state index in [0.29, 0.717) is 5.92 Å². The molecule has 1 aromatic rings. The van der Waals surface area contributed by atoms with Crippen molar-refractivity contribution in [3.63, 3.8) is 0 Å². The van der Waals surface area contributed by atoms with Crippen molar-refractivity contribution in [1.82, 2.24) is 0 Å². The number of aliphatic carboxylic acids is 1. The summed E-state index contributed by atoms with van der Waals surface area (Å²) >= 11 is 0. The van der Waals surface area contributed by atoms with E-state index >= 15 is 0 Å². The Morgan fingerprint density at radius 2 is 1.79 bits per heavy atom. The van der Waals surface area contributed by atoms with Crippen LogP contribution in [0.3, 0.4) is 0 Å². The molecule has 1 N–H and O–H groups in total. The van der Waals surface area contributed by atoms with Crippen molar-refractivity contribution in [3.05, 3.63) is 58.7 Å². The zero-order valence-electron chi connectivity index (χ0n) is 18.4. The number of allylic oxidation sites excluding steroid dienone is 3. The van der Waals surface area contributed by atoms with Gasteiger partial charge >= 0.3 is 5.97 Å². The Bertz CT molecular complexity index is 825. The lowest BCUT2D eigenvalue weighted by atomic mass is 9.62. The summed E-state index contributed by atoms with van der Waals surface area (Å²) in [7, 11) is 0. The normalized spacial score (nSPS) is 28.2. The number of benzene rings is 1. The summed E-state index contributed by atoms with van der Waals surface area (Å²) in [5.41, 5.74) is 6.05. The SMILES string of the molecule is CCC[C@]1(c2ccc3c(c2)C(C)(C)CCC3(C)C)C[C@H]1/C=C/C(C)=C/C(=O)O. The van der Waals surface area contributed by atoms with Crippen LogP contribution in [-0.4, -0.2) is 11.1 Å². The monoisotopic (exact) mass is 380 g/mol. The number of rotatable bonds is 6. The molecule has 1 fully saturated rings. The quantitative estimate of drug-likeness (QED) is 0.441. The molecule has 0 bridgehead atoms. The van der Waals surface area contributed by atoms with Crippen LogP contribution in [0.25, 0.3) is 0 Å². The van der Waals surface area contributed by atoms with Crippen LogP contribution >= 0.6 is 0 Å². The van der Waals surface area contributed by atoms with Gasteiger partial charge in [-0.2, -0.15) is 0 Å². The molecule has 0 aliphatic heterocycles. The molecule has 2 atom stereocenters. The predicted molar refractivity (Wildman–Crippen MR) is 117 cm³/mol. The van der Waals surface area contributed by atoms with Crippen LogP contribution in [-0.2, 0) is 21.0 Å². The van der Waals surface area contributed by atoms with Gasteiger partial charge in [-0.1, -0.05) is 71.4 Å². The molecule has 152 valence electrons. The summed E-state index contributed by atoms with van der Waals surface area (Å²) in [6, 6.07) is 7.29. The van der Waals surface area contributed by atoms with Gasteiger partial charge in [-0.15, -0.1) is 0 Å². The van der Waals surface area contributed by atoms with Crippen molar-refractivity contribution < 1.29 is 9.90 Å². The first-order valence-electron chi connectivity index (χ1n) is 10.8. The van der Waals surface area contributed by atoms with Crippen LogP contribution in [0.5, 0.6) is 0 Å². The van der Waals surface area contributed by atoms with E-state index in [1.54, 1.807) is 0 Å². The van der Waals surface area contributed by atoms with Gasteiger partial charge in [0.2, 0.25) is 0 Å². The molecular formula is C26H36O2. The van der Waals surface area contributed by atoms with Gasteiger partial charge in [0.05, 0.1) is 0 Å². The lowest BCUT2D eigenvalue weighted by Crippen LogP contribution is -2.34. The summed E-state index contributed by atoms with van der Waals surface area (Å²) in [5.74, 6) is -0.375. The Labute approximate surface area is 170 Å².